The number of H-pyrrole nitrogens is 1. The Morgan fingerprint density at radius 1 is 1.21 bits per heavy atom. The molecule has 0 radical (unpaired) electrons. The molecule has 0 amide bonds. The third-order valence-electron chi connectivity index (χ3n) is 5.46. The van der Waals surface area contributed by atoms with E-state index in [4.69, 9.17) is 4.74 Å². The van der Waals surface area contributed by atoms with Crippen molar-refractivity contribution in [2.75, 3.05) is 13.1 Å². The number of aromatic amines is 1. The Hall–Kier alpha value is -2.12. The summed E-state index contributed by atoms with van der Waals surface area (Å²) < 4.78 is 34.3. The maximum Gasteiger partial charge on any atom is 0.224 e. The number of rotatable bonds is 6. The minimum absolute atomic E-state index is 0.0193. The van der Waals surface area contributed by atoms with Crippen molar-refractivity contribution in [3.63, 3.8) is 0 Å². The number of benzene rings is 1. The maximum atomic E-state index is 13.3. The van der Waals surface area contributed by atoms with Gasteiger partial charge in [-0.05, 0) is 51.7 Å². The van der Waals surface area contributed by atoms with E-state index >= 15 is 0 Å². The number of hydrogen-bond donors (Lipinski definition) is 1. The molecule has 1 aromatic heterocycles. The zero-order valence-electron chi connectivity index (χ0n) is 17.0. The van der Waals surface area contributed by atoms with E-state index in [0.29, 0.717) is 37.2 Å². The monoisotopic (exact) mass is 403 g/mol. The van der Waals surface area contributed by atoms with Crippen molar-refractivity contribution in [3.8, 4) is 5.75 Å². The van der Waals surface area contributed by atoms with Gasteiger partial charge in [0.25, 0.3) is 0 Å². The fourth-order valence-corrected chi connectivity index (χ4v) is 5.81. The van der Waals surface area contributed by atoms with E-state index in [-0.39, 0.29) is 6.10 Å². The molecule has 1 unspecified atom stereocenters. The van der Waals surface area contributed by atoms with Gasteiger partial charge in [-0.3, -0.25) is 5.10 Å². The number of piperidine rings is 1. The fourth-order valence-electron chi connectivity index (χ4n) is 3.88. The SMILES string of the molecule is C=CC(c1c(C)n[nH]c1C)S(=O)(=O)N1CCC(Oc2c(C)cccc2C)CC1. The van der Waals surface area contributed by atoms with Gasteiger partial charge in [0.15, 0.2) is 0 Å². The second-order valence-corrected chi connectivity index (χ2v) is 9.54. The summed E-state index contributed by atoms with van der Waals surface area (Å²) in [5, 5.41) is 6.22. The van der Waals surface area contributed by atoms with Crippen molar-refractivity contribution in [1.29, 1.82) is 0 Å². The van der Waals surface area contributed by atoms with Gasteiger partial charge >= 0.3 is 0 Å². The van der Waals surface area contributed by atoms with E-state index < -0.39 is 15.3 Å². The molecule has 1 fully saturated rings. The topological polar surface area (TPSA) is 75.3 Å². The first-order chi connectivity index (χ1) is 13.3. The molecule has 1 saturated heterocycles. The Morgan fingerprint density at radius 2 is 1.82 bits per heavy atom. The van der Waals surface area contributed by atoms with Crippen LogP contribution in [0, 0.1) is 27.7 Å². The van der Waals surface area contributed by atoms with E-state index in [9.17, 15) is 8.42 Å². The number of sulfonamides is 1. The normalized spacial score (nSPS) is 17.4. The zero-order chi connectivity index (χ0) is 20.5. The predicted molar refractivity (Wildman–Crippen MR) is 111 cm³/mol. The van der Waals surface area contributed by atoms with Crippen molar-refractivity contribution >= 4 is 10.0 Å². The van der Waals surface area contributed by atoms with Crippen LogP contribution in [0.4, 0.5) is 0 Å². The van der Waals surface area contributed by atoms with Crippen LogP contribution in [0.15, 0.2) is 30.9 Å². The molecule has 1 atom stereocenters. The number of nitrogens with zero attached hydrogens (tertiary/aromatic N) is 2. The summed E-state index contributed by atoms with van der Waals surface area (Å²) in [5.41, 5.74) is 4.36. The van der Waals surface area contributed by atoms with E-state index in [1.54, 1.807) is 4.31 Å². The van der Waals surface area contributed by atoms with Crippen molar-refractivity contribution in [2.45, 2.75) is 51.9 Å². The molecule has 6 nitrogen and oxygen atoms in total. The number of para-hydroxylation sites is 1. The molecule has 3 rings (SSSR count). The Bertz CT molecular complexity index is 918. The second-order valence-electron chi connectivity index (χ2n) is 7.49. The first-order valence-corrected chi connectivity index (χ1v) is 11.1. The van der Waals surface area contributed by atoms with Crippen molar-refractivity contribution in [3.05, 3.63) is 58.9 Å². The van der Waals surface area contributed by atoms with Crippen LogP contribution < -0.4 is 4.74 Å². The molecule has 1 aliphatic heterocycles. The molecular formula is C21H29N3O3S. The molecule has 0 saturated carbocycles. The zero-order valence-corrected chi connectivity index (χ0v) is 17.8. The summed E-state index contributed by atoms with van der Waals surface area (Å²) in [6.07, 6.45) is 2.85. The van der Waals surface area contributed by atoms with E-state index in [1.165, 1.54) is 6.08 Å². The highest BCUT2D eigenvalue weighted by molar-refractivity contribution is 7.89. The first-order valence-electron chi connectivity index (χ1n) is 9.61. The minimum atomic E-state index is -3.56. The highest BCUT2D eigenvalue weighted by Gasteiger charge is 2.36. The summed E-state index contributed by atoms with van der Waals surface area (Å²) in [7, 11) is -3.56. The first kappa shape index (κ1) is 20.6. The van der Waals surface area contributed by atoms with Crippen LogP contribution in [0.1, 0.15) is 46.2 Å². The summed E-state index contributed by atoms with van der Waals surface area (Å²) in [4.78, 5) is 0. The number of nitrogens with one attached hydrogen (secondary N) is 1. The lowest BCUT2D eigenvalue weighted by Crippen LogP contribution is -2.43. The molecule has 1 aliphatic rings. The summed E-state index contributed by atoms with van der Waals surface area (Å²) >= 11 is 0. The van der Waals surface area contributed by atoms with E-state index in [2.05, 4.69) is 16.8 Å². The van der Waals surface area contributed by atoms with Gasteiger partial charge in [0.2, 0.25) is 10.0 Å². The molecule has 0 aliphatic carbocycles. The van der Waals surface area contributed by atoms with Gasteiger partial charge in [0.05, 0.1) is 5.69 Å². The average molecular weight is 404 g/mol. The van der Waals surface area contributed by atoms with Crippen LogP contribution in [-0.2, 0) is 10.0 Å². The highest BCUT2D eigenvalue weighted by atomic mass is 32.2. The Balaban J connectivity index is 1.72. The summed E-state index contributed by atoms with van der Waals surface area (Å²) in [6, 6.07) is 6.08. The molecule has 7 heteroatoms. The van der Waals surface area contributed by atoms with Gasteiger partial charge in [-0.2, -0.15) is 5.10 Å². The third kappa shape index (κ3) is 3.86. The van der Waals surface area contributed by atoms with Gasteiger partial charge < -0.3 is 4.74 Å². The Labute approximate surface area is 167 Å². The van der Waals surface area contributed by atoms with Crippen LogP contribution in [0.2, 0.25) is 0 Å². The Morgan fingerprint density at radius 3 is 2.32 bits per heavy atom. The minimum Gasteiger partial charge on any atom is -0.490 e. The summed E-state index contributed by atoms with van der Waals surface area (Å²) in [6.45, 7) is 12.4. The van der Waals surface area contributed by atoms with Crippen molar-refractivity contribution < 1.29 is 13.2 Å². The van der Waals surface area contributed by atoms with Crippen molar-refractivity contribution in [1.82, 2.24) is 14.5 Å². The summed E-state index contributed by atoms with van der Waals surface area (Å²) in [5.74, 6) is 0.914. The molecule has 1 aromatic carbocycles. The molecule has 152 valence electrons. The molecule has 1 N–H and O–H groups in total. The number of hydrogen-bond acceptors (Lipinski definition) is 4. The third-order valence-corrected chi connectivity index (χ3v) is 7.61. The molecule has 0 spiro atoms. The predicted octanol–water partition coefficient (Wildman–Crippen LogP) is 3.74. The van der Waals surface area contributed by atoms with Gasteiger partial charge in [0, 0.05) is 24.3 Å². The van der Waals surface area contributed by atoms with Crippen LogP contribution in [0.5, 0.6) is 5.75 Å². The van der Waals surface area contributed by atoms with Gasteiger partial charge in [-0.1, -0.05) is 24.3 Å². The van der Waals surface area contributed by atoms with E-state index in [1.807, 2.05) is 45.9 Å². The van der Waals surface area contributed by atoms with Gasteiger partial charge in [0.1, 0.15) is 17.1 Å². The smallest absolute Gasteiger partial charge is 0.224 e. The van der Waals surface area contributed by atoms with Crippen LogP contribution in [0.25, 0.3) is 0 Å². The number of aryl methyl sites for hydroxylation is 4. The lowest BCUT2D eigenvalue weighted by Gasteiger charge is -2.33. The molecular weight excluding hydrogens is 374 g/mol. The van der Waals surface area contributed by atoms with Crippen LogP contribution in [0.3, 0.4) is 0 Å². The maximum absolute atomic E-state index is 13.3. The average Bonchev–Trinajstić information content (AvgIpc) is 2.98. The molecule has 2 heterocycles. The number of aromatic nitrogens is 2. The van der Waals surface area contributed by atoms with Gasteiger partial charge in [-0.15, -0.1) is 6.58 Å². The lowest BCUT2D eigenvalue weighted by atomic mass is 10.1. The molecule has 28 heavy (non-hydrogen) atoms. The van der Waals surface area contributed by atoms with Crippen LogP contribution >= 0.6 is 0 Å². The largest absolute Gasteiger partial charge is 0.490 e. The highest BCUT2D eigenvalue weighted by Crippen LogP contribution is 2.33. The van der Waals surface area contributed by atoms with Crippen molar-refractivity contribution in [2.24, 2.45) is 0 Å². The fraction of sp³-hybridized carbons (Fsp3) is 0.476. The molecule has 0 bridgehead atoms. The Kier molecular flexibility index (Phi) is 5.95. The van der Waals surface area contributed by atoms with Gasteiger partial charge in [-0.25, -0.2) is 12.7 Å². The second kappa shape index (κ2) is 8.09. The number of ether oxygens (including phenoxy) is 1. The molecule has 2 aromatic rings. The lowest BCUT2D eigenvalue weighted by molar-refractivity contribution is 0.133. The standard InChI is InChI=1S/C21H29N3O3S/c1-6-19(20-16(4)22-23-17(20)5)28(25,26)24-12-10-18(11-13-24)27-21-14(2)8-7-9-15(21)3/h6-9,18-19H,1,10-13H2,2-5H3,(H,22,23). The quantitative estimate of drug-likeness (QED) is 0.746. The van der Waals surface area contributed by atoms with Crippen LogP contribution in [-0.4, -0.2) is 42.1 Å². The van der Waals surface area contributed by atoms with E-state index in [0.717, 1.165) is 22.6 Å².